The lowest BCUT2D eigenvalue weighted by atomic mass is 9.83. The lowest BCUT2D eigenvalue weighted by molar-refractivity contribution is -0.112. The van der Waals surface area contributed by atoms with Crippen LogP contribution in [-0.4, -0.2) is 16.8 Å². The van der Waals surface area contributed by atoms with Crippen LogP contribution in [0.15, 0.2) is 35.5 Å². The van der Waals surface area contributed by atoms with Crippen molar-refractivity contribution < 1.29 is 9.59 Å². The molecule has 0 spiro atoms. The van der Waals surface area contributed by atoms with Gasteiger partial charge in [0, 0.05) is 18.0 Å². The van der Waals surface area contributed by atoms with Gasteiger partial charge in [0.15, 0.2) is 0 Å². The number of carbonyl (C=O) groups is 2. The summed E-state index contributed by atoms with van der Waals surface area (Å²) in [5.41, 5.74) is 8.56. The van der Waals surface area contributed by atoms with Crippen molar-refractivity contribution in [2.24, 2.45) is 5.73 Å². The Labute approximate surface area is 157 Å². The van der Waals surface area contributed by atoms with Crippen LogP contribution in [0, 0.1) is 0 Å². The number of nitrogens with one attached hydrogen (secondary N) is 1. The number of hydrogen-bond acceptors (Lipinski definition) is 4. The summed E-state index contributed by atoms with van der Waals surface area (Å²) in [6.07, 6.45) is 10.9. The second-order valence-corrected chi connectivity index (χ2v) is 7.54. The fourth-order valence-corrected chi connectivity index (χ4v) is 4.45. The topological polar surface area (TPSA) is 85.1 Å². The molecule has 3 rings (SSSR count). The van der Waals surface area contributed by atoms with Crippen molar-refractivity contribution in [1.82, 2.24) is 4.98 Å². The number of pyridine rings is 1. The average Bonchev–Trinajstić information content (AvgIpc) is 3.07. The molecule has 1 aliphatic rings. The van der Waals surface area contributed by atoms with Crippen LogP contribution in [0.2, 0.25) is 0 Å². The minimum absolute atomic E-state index is 0.235. The Kier molecular flexibility index (Phi) is 5.83. The number of aromatic nitrogens is 1. The lowest BCUT2D eigenvalue weighted by Gasteiger charge is -2.21. The molecule has 0 aromatic carbocycles. The molecule has 136 valence electrons. The van der Waals surface area contributed by atoms with Crippen molar-refractivity contribution in [2.45, 2.75) is 44.9 Å². The smallest absolute Gasteiger partial charge is 0.251 e. The zero-order valence-corrected chi connectivity index (χ0v) is 15.6. The molecule has 0 radical (unpaired) electrons. The van der Waals surface area contributed by atoms with Crippen LogP contribution < -0.4 is 11.1 Å². The van der Waals surface area contributed by atoms with Crippen LogP contribution in [0.25, 0.3) is 6.08 Å². The number of amides is 2. The fraction of sp³-hybridized carbons (Fsp3) is 0.350. The van der Waals surface area contributed by atoms with Gasteiger partial charge in [-0.15, -0.1) is 11.3 Å². The minimum atomic E-state index is -0.474. The predicted molar refractivity (Wildman–Crippen MR) is 105 cm³/mol. The minimum Gasteiger partial charge on any atom is -0.365 e. The van der Waals surface area contributed by atoms with Gasteiger partial charge in [-0.3, -0.25) is 14.6 Å². The van der Waals surface area contributed by atoms with Gasteiger partial charge in [0.05, 0.1) is 5.56 Å². The highest BCUT2D eigenvalue weighted by molar-refractivity contribution is 7.15. The van der Waals surface area contributed by atoms with E-state index in [1.165, 1.54) is 30.6 Å². The summed E-state index contributed by atoms with van der Waals surface area (Å²) in [6.45, 7) is 1.75. The third kappa shape index (κ3) is 4.19. The van der Waals surface area contributed by atoms with Gasteiger partial charge in [0.25, 0.3) is 11.8 Å². The summed E-state index contributed by atoms with van der Waals surface area (Å²) in [5, 5.41) is 5.39. The zero-order valence-electron chi connectivity index (χ0n) is 14.8. The highest BCUT2D eigenvalue weighted by Crippen LogP contribution is 2.40. The lowest BCUT2D eigenvalue weighted by Crippen LogP contribution is -2.19. The molecular weight excluding hydrogens is 346 g/mol. The zero-order chi connectivity index (χ0) is 18.5. The van der Waals surface area contributed by atoms with Crippen molar-refractivity contribution in [1.29, 1.82) is 0 Å². The van der Waals surface area contributed by atoms with Crippen LogP contribution in [0.1, 0.15) is 66.4 Å². The van der Waals surface area contributed by atoms with Crippen molar-refractivity contribution in [3.63, 3.8) is 0 Å². The van der Waals surface area contributed by atoms with Gasteiger partial charge in [-0.1, -0.05) is 19.3 Å². The molecule has 1 saturated carbocycles. The molecule has 2 aromatic rings. The van der Waals surface area contributed by atoms with E-state index in [0.717, 1.165) is 24.0 Å². The number of hydrogen-bond donors (Lipinski definition) is 2. The molecule has 2 amide bonds. The molecule has 0 saturated heterocycles. The van der Waals surface area contributed by atoms with E-state index in [2.05, 4.69) is 10.3 Å². The quantitative estimate of drug-likeness (QED) is 0.769. The van der Waals surface area contributed by atoms with Gasteiger partial charge in [-0.05, 0) is 60.4 Å². The Hall–Kier alpha value is -2.47. The van der Waals surface area contributed by atoms with E-state index >= 15 is 0 Å². The number of thiophene rings is 1. The second kappa shape index (κ2) is 8.27. The highest BCUT2D eigenvalue weighted by Gasteiger charge is 2.25. The van der Waals surface area contributed by atoms with Gasteiger partial charge in [-0.2, -0.15) is 0 Å². The number of primary amides is 1. The molecule has 6 heteroatoms. The molecule has 0 aliphatic heterocycles. The molecule has 26 heavy (non-hydrogen) atoms. The predicted octanol–water partition coefficient (Wildman–Crippen LogP) is 4.33. The Balaban J connectivity index is 1.81. The van der Waals surface area contributed by atoms with E-state index in [1.807, 2.05) is 17.5 Å². The van der Waals surface area contributed by atoms with E-state index in [-0.39, 0.29) is 5.91 Å². The van der Waals surface area contributed by atoms with E-state index in [1.54, 1.807) is 25.4 Å². The first-order chi connectivity index (χ1) is 12.6. The maximum Gasteiger partial charge on any atom is 0.251 e. The molecule has 1 fully saturated rings. The van der Waals surface area contributed by atoms with E-state index in [0.29, 0.717) is 22.1 Å². The second-order valence-electron chi connectivity index (χ2n) is 6.66. The van der Waals surface area contributed by atoms with Gasteiger partial charge in [-0.25, -0.2) is 0 Å². The molecule has 0 unspecified atom stereocenters. The summed E-state index contributed by atoms with van der Waals surface area (Å²) >= 11 is 1.38. The number of anilines is 1. The number of nitrogens with two attached hydrogens (primary N) is 1. The Morgan fingerprint density at radius 3 is 2.58 bits per heavy atom. The number of rotatable bonds is 5. The van der Waals surface area contributed by atoms with Crippen molar-refractivity contribution in [3.8, 4) is 0 Å². The summed E-state index contributed by atoms with van der Waals surface area (Å²) in [4.78, 5) is 28.5. The molecule has 1 aliphatic carbocycles. The SMILES string of the molecule is C/C(=C\c1ccncc1)C(=O)Nc1scc(C2CCCCC2)c1C(N)=O. The number of carbonyl (C=O) groups excluding carboxylic acids is 2. The molecular formula is C20H23N3O2S. The van der Waals surface area contributed by atoms with E-state index in [4.69, 9.17) is 5.73 Å². The summed E-state index contributed by atoms with van der Waals surface area (Å²) in [5.74, 6) is -0.346. The van der Waals surface area contributed by atoms with Crippen LogP contribution >= 0.6 is 11.3 Å². The van der Waals surface area contributed by atoms with Crippen molar-refractivity contribution in [3.05, 3.63) is 52.2 Å². The van der Waals surface area contributed by atoms with Crippen LogP contribution in [0.3, 0.4) is 0 Å². The molecule has 0 atom stereocenters. The standard InChI is InChI=1S/C20H23N3O2S/c1-13(11-14-7-9-22-10-8-14)19(25)23-20-17(18(21)24)16(12-26-20)15-5-3-2-4-6-15/h7-12,15H,2-6H2,1H3,(H2,21,24)(H,23,25)/b13-11+. The monoisotopic (exact) mass is 369 g/mol. The van der Waals surface area contributed by atoms with Crippen LogP contribution in [-0.2, 0) is 4.79 Å². The Morgan fingerprint density at radius 2 is 1.92 bits per heavy atom. The first-order valence-corrected chi connectivity index (χ1v) is 9.75. The van der Waals surface area contributed by atoms with Gasteiger partial charge >= 0.3 is 0 Å². The Bertz CT molecular complexity index is 821. The molecule has 0 bridgehead atoms. The molecule has 5 nitrogen and oxygen atoms in total. The van der Waals surface area contributed by atoms with Gasteiger partial charge in [0.1, 0.15) is 5.00 Å². The highest BCUT2D eigenvalue weighted by atomic mass is 32.1. The molecule has 3 N–H and O–H groups in total. The maximum atomic E-state index is 12.5. The summed E-state index contributed by atoms with van der Waals surface area (Å²) in [6, 6.07) is 3.66. The summed E-state index contributed by atoms with van der Waals surface area (Å²) in [7, 11) is 0. The molecule has 2 heterocycles. The van der Waals surface area contributed by atoms with Crippen LogP contribution in [0.4, 0.5) is 5.00 Å². The normalized spacial score (nSPS) is 15.7. The van der Waals surface area contributed by atoms with Crippen molar-refractivity contribution >= 4 is 34.2 Å². The maximum absolute atomic E-state index is 12.5. The third-order valence-electron chi connectivity index (χ3n) is 4.79. The van der Waals surface area contributed by atoms with Gasteiger partial charge < -0.3 is 11.1 Å². The Morgan fingerprint density at radius 1 is 1.23 bits per heavy atom. The van der Waals surface area contributed by atoms with Crippen molar-refractivity contribution in [2.75, 3.05) is 5.32 Å². The first kappa shape index (κ1) is 18.3. The average molecular weight is 369 g/mol. The van der Waals surface area contributed by atoms with E-state index in [9.17, 15) is 9.59 Å². The summed E-state index contributed by atoms with van der Waals surface area (Å²) < 4.78 is 0. The van der Waals surface area contributed by atoms with E-state index < -0.39 is 5.91 Å². The third-order valence-corrected chi connectivity index (χ3v) is 5.70. The molecule has 2 aromatic heterocycles. The van der Waals surface area contributed by atoms with Crippen LogP contribution in [0.5, 0.6) is 0 Å². The fourth-order valence-electron chi connectivity index (χ4n) is 3.41. The first-order valence-electron chi connectivity index (χ1n) is 8.87. The number of nitrogens with zero attached hydrogens (tertiary/aromatic N) is 1. The van der Waals surface area contributed by atoms with Gasteiger partial charge in [0.2, 0.25) is 0 Å². The largest absolute Gasteiger partial charge is 0.365 e.